The van der Waals surface area contributed by atoms with E-state index in [2.05, 4.69) is 0 Å². The van der Waals surface area contributed by atoms with Crippen LogP contribution >= 0.6 is 11.3 Å². The van der Waals surface area contributed by atoms with Crippen molar-refractivity contribution in [3.05, 3.63) is 10.3 Å². The van der Waals surface area contributed by atoms with Gasteiger partial charge >= 0.3 is 0 Å². The Kier molecular flexibility index (Phi) is 1.50. The van der Waals surface area contributed by atoms with E-state index in [1.807, 2.05) is 0 Å². The fourth-order valence-corrected chi connectivity index (χ4v) is 1.25. The van der Waals surface area contributed by atoms with Gasteiger partial charge in [-0.2, -0.15) is 0 Å². The van der Waals surface area contributed by atoms with Crippen LogP contribution in [0.15, 0.2) is 5.38 Å². The summed E-state index contributed by atoms with van der Waals surface area (Å²) in [6.07, 6.45) is 0. The summed E-state index contributed by atoms with van der Waals surface area (Å²) >= 11 is 1.03. The van der Waals surface area contributed by atoms with Crippen LogP contribution in [0.1, 0.15) is 9.67 Å². The Balaban J connectivity index is 3.17. The number of amides is 1. The van der Waals surface area contributed by atoms with Gasteiger partial charge in [0.05, 0.1) is 5.69 Å². The van der Waals surface area contributed by atoms with Gasteiger partial charge in [0, 0.05) is 5.38 Å². The minimum Gasteiger partial charge on any atom is -0.505 e. The molecule has 1 aromatic rings. The summed E-state index contributed by atoms with van der Waals surface area (Å²) in [4.78, 5) is 10.7. The third kappa shape index (κ3) is 0.906. The maximum Gasteiger partial charge on any atom is 0.261 e. The van der Waals surface area contributed by atoms with Gasteiger partial charge in [-0.05, 0) is 0 Å². The zero-order chi connectivity index (χ0) is 7.72. The molecule has 0 unspecified atom stereocenters. The van der Waals surface area contributed by atoms with Crippen molar-refractivity contribution in [2.45, 2.75) is 0 Å². The van der Waals surface area contributed by atoms with E-state index < -0.39 is 5.91 Å². The van der Waals surface area contributed by atoms with Gasteiger partial charge in [-0.15, -0.1) is 11.3 Å². The molecule has 0 aliphatic heterocycles. The number of carbonyl (C=O) groups excluding carboxylic acids is 1. The molecule has 0 spiro atoms. The molecule has 0 atom stereocenters. The van der Waals surface area contributed by atoms with E-state index in [1.165, 1.54) is 5.38 Å². The zero-order valence-electron chi connectivity index (χ0n) is 5.00. The lowest BCUT2D eigenvalue weighted by atomic mass is 10.4. The molecule has 54 valence electrons. The van der Waals surface area contributed by atoms with Crippen LogP contribution < -0.4 is 11.5 Å². The Bertz CT molecular complexity index is 269. The summed E-state index contributed by atoms with van der Waals surface area (Å²) in [7, 11) is 0. The highest BCUT2D eigenvalue weighted by atomic mass is 32.1. The number of thiophene rings is 1. The lowest BCUT2D eigenvalue weighted by Gasteiger charge is -1.90. The molecule has 1 amide bonds. The molecule has 0 fully saturated rings. The molecule has 5 heteroatoms. The minimum atomic E-state index is -0.609. The van der Waals surface area contributed by atoms with E-state index >= 15 is 0 Å². The average molecular weight is 158 g/mol. The van der Waals surface area contributed by atoms with E-state index in [0.717, 1.165) is 11.3 Å². The molecule has 5 N–H and O–H groups in total. The first kappa shape index (κ1) is 6.88. The SMILES string of the molecule is NC(=O)c1scc(O)c1N. The Morgan fingerprint density at radius 3 is 2.50 bits per heavy atom. The summed E-state index contributed by atoms with van der Waals surface area (Å²) in [5.41, 5.74) is 10.2. The second-order valence-corrected chi connectivity index (χ2v) is 2.61. The standard InChI is InChI=1S/C5H6N2O2S/c6-3-2(8)1-10-4(3)5(7)9/h1,8H,6H2,(H2,7,9). The number of anilines is 1. The number of carbonyl (C=O) groups is 1. The Morgan fingerprint density at radius 2 is 2.30 bits per heavy atom. The predicted molar refractivity (Wildman–Crippen MR) is 38.9 cm³/mol. The van der Waals surface area contributed by atoms with Crippen molar-refractivity contribution in [3.63, 3.8) is 0 Å². The van der Waals surface area contributed by atoms with Gasteiger partial charge < -0.3 is 16.6 Å². The van der Waals surface area contributed by atoms with Gasteiger partial charge in [-0.1, -0.05) is 0 Å². The molecule has 0 aromatic carbocycles. The molecule has 0 radical (unpaired) electrons. The maximum absolute atomic E-state index is 10.5. The Labute approximate surface area is 61.1 Å². The van der Waals surface area contributed by atoms with E-state index in [-0.39, 0.29) is 16.3 Å². The summed E-state index contributed by atoms with van der Waals surface area (Å²) in [6.45, 7) is 0. The first-order valence-corrected chi connectivity index (χ1v) is 3.36. The molecule has 1 aromatic heterocycles. The molecule has 1 rings (SSSR count). The number of nitrogen functional groups attached to an aromatic ring is 1. The third-order valence-electron chi connectivity index (χ3n) is 1.03. The van der Waals surface area contributed by atoms with E-state index in [1.54, 1.807) is 0 Å². The van der Waals surface area contributed by atoms with E-state index in [9.17, 15) is 4.79 Å². The number of rotatable bonds is 1. The van der Waals surface area contributed by atoms with Gasteiger partial charge in [0.2, 0.25) is 0 Å². The van der Waals surface area contributed by atoms with Crippen molar-refractivity contribution in [2.24, 2.45) is 5.73 Å². The average Bonchev–Trinajstić information content (AvgIpc) is 2.14. The van der Waals surface area contributed by atoms with Gasteiger partial charge in [0.25, 0.3) is 5.91 Å². The van der Waals surface area contributed by atoms with Gasteiger partial charge in [-0.25, -0.2) is 0 Å². The monoisotopic (exact) mass is 158 g/mol. The van der Waals surface area contributed by atoms with Crippen molar-refractivity contribution >= 4 is 22.9 Å². The van der Waals surface area contributed by atoms with Crippen molar-refractivity contribution in [3.8, 4) is 5.75 Å². The van der Waals surface area contributed by atoms with Gasteiger partial charge in [0.1, 0.15) is 10.6 Å². The number of aromatic hydroxyl groups is 1. The third-order valence-corrected chi connectivity index (χ3v) is 2.03. The van der Waals surface area contributed by atoms with Crippen LogP contribution in [0.5, 0.6) is 5.75 Å². The van der Waals surface area contributed by atoms with E-state index in [4.69, 9.17) is 16.6 Å². The highest BCUT2D eigenvalue weighted by Gasteiger charge is 2.10. The van der Waals surface area contributed by atoms with Crippen LogP contribution in [0.4, 0.5) is 5.69 Å². The fourth-order valence-electron chi connectivity index (χ4n) is 0.549. The van der Waals surface area contributed by atoms with Crippen LogP contribution in [0.2, 0.25) is 0 Å². The number of hydrogen-bond acceptors (Lipinski definition) is 4. The molecule has 4 nitrogen and oxygen atoms in total. The summed E-state index contributed by atoms with van der Waals surface area (Å²) in [5, 5.41) is 10.2. The number of nitrogens with two attached hydrogens (primary N) is 2. The number of hydrogen-bond donors (Lipinski definition) is 3. The lowest BCUT2D eigenvalue weighted by molar-refractivity contribution is 0.100. The van der Waals surface area contributed by atoms with Crippen LogP contribution in [0.3, 0.4) is 0 Å². The first-order chi connectivity index (χ1) is 4.63. The fraction of sp³-hybridized carbons (Fsp3) is 0. The second kappa shape index (κ2) is 2.18. The van der Waals surface area contributed by atoms with Crippen LogP contribution in [-0.2, 0) is 0 Å². The quantitative estimate of drug-likeness (QED) is 0.542. The smallest absolute Gasteiger partial charge is 0.261 e. The highest BCUT2D eigenvalue weighted by Crippen LogP contribution is 2.29. The Hall–Kier alpha value is -1.23. The normalized spacial score (nSPS) is 9.60. The van der Waals surface area contributed by atoms with Crippen LogP contribution in [-0.4, -0.2) is 11.0 Å². The van der Waals surface area contributed by atoms with Gasteiger partial charge in [-0.3, -0.25) is 4.79 Å². The molecule has 0 aliphatic carbocycles. The van der Waals surface area contributed by atoms with Crippen molar-refractivity contribution in [1.29, 1.82) is 0 Å². The molecular weight excluding hydrogens is 152 g/mol. The molecule has 0 bridgehead atoms. The molecule has 1 heterocycles. The molecule has 0 aliphatic rings. The van der Waals surface area contributed by atoms with Crippen LogP contribution in [0.25, 0.3) is 0 Å². The van der Waals surface area contributed by atoms with Crippen molar-refractivity contribution in [1.82, 2.24) is 0 Å². The Morgan fingerprint density at radius 1 is 1.70 bits per heavy atom. The van der Waals surface area contributed by atoms with Crippen molar-refractivity contribution < 1.29 is 9.90 Å². The maximum atomic E-state index is 10.5. The minimum absolute atomic E-state index is 0.0671. The van der Waals surface area contributed by atoms with Crippen molar-refractivity contribution in [2.75, 3.05) is 5.73 Å². The van der Waals surface area contributed by atoms with E-state index in [0.29, 0.717) is 0 Å². The highest BCUT2D eigenvalue weighted by molar-refractivity contribution is 7.13. The lowest BCUT2D eigenvalue weighted by Crippen LogP contribution is -2.10. The topological polar surface area (TPSA) is 89.3 Å². The summed E-state index contributed by atoms with van der Waals surface area (Å²) < 4.78 is 0. The summed E-state index contributed by atoms with van der Waals surface area (Å²) in [5.74, 6) is -0.693. The first-order valence-electron chi connectivity index (χ1n) is 2.48. The zero-order valence-corrected chi connectivity index (χ0v) is 5.81. The predicted octanol–water partition coefficient (Wildman–Crippen LogP) is 0.135. The molecule has 10 heavy (non-hydrogen) atoms. The summed E-state index contributed by atoms with van der Waals surface area (Å²) in [6, 6.07) is 0. The van der Waals surface area contributed by atoms with Gasteiger partial charge in [0.15, 0.2) is 0 Å². The largest absolute Gasteiger partial charge is 0.505 e. The molecule has 0 saturated carbocycles. The number of primary amides is 1. The molecular formula is C5H6N2O2S. The van der Waals surface area contributed by atoms with Crippen LogP contribution in [0, 0.1) is 0 Å². The second-order valence-electron chi connectivity index (χ2n) is 1.73. The molecule has 0 saturated heterocycles.